The highest BCUT2D eigenvalue weighted by molar-refractivity contribution is 7.15. The van der Waals surface area contributed by atoms with Gasteiger partial charge in [0, 0.05) is 30.1 Å². The van der Waals surface area contributed by atoms with Crippen molar-refractivity contribution in [2.75, 3.05) is 5.32 Å². The summed E-state index contributed by atoms with van der Waals surface area (Å²) in [6.07, 6.45) is 2.60. The van der Waals surface area contributed by atoms with Gasteiger partial charge in [-0.15, -0.1) is 11.3 Å². The van der Waals surface area contributed by atoms with Crippen LogP contribution in [0.5, 0.6) is 0 Å². The Labute approximate surface area is 156 Å². The third-order valence-electron chi connectivity index (χ3n) is 4.21. The molecule has 1 saturated carbocycles. The zero-order valence-corrected chi connectivity index (χ0v) is 14.6. The number of pyridine rings is 1. The van der Waals surface area contributed by atoms with Gasteiger partial charge in [-0.1, -0.05) is 0 Å². The molecule has 10 heteroatoms. The number of alkyl halides is 3. The number of nitrogens with zero attached hydrogens (tertiary/aromatic N) is 4. The number of hydrogen-bond donors (Lipinski definition) is 2. The van der Waals surface area contributed by atoms with E-state index >= 15 is 0 Å². The highest BCUT2D eigenvalue weighted by Crippen LogP contribution is 2.40. The predicted octanol–water partition coefficient (Wildman–Crippen LogP) is 4.00. The molecule has 3 aromatic rings. The van der Waals surface area contributed by atoms with Gasteiger partial charge in [0.1, 0.15) is 5.69 Å². The van der Waals surface area contributed by atoms with E-state index in [0.29, 0.717) is 5.69 Å². The molecule has 1 aliphatic rings. The number of hydrogen-bond acceptors (Lipinski definition) is 7. The van der Waals surface area contributed by atoms with Crippen LogP contribution in [0.25, 0.3) is 10.4 Å². The van der Waals surface area contributed by atoms with Crippen molar-refractivity contribution in [2.24, 2.45) is 0 Å². The van der Waals surface area contributed by atoms with Crippen molar-refractivity contribution in [3.8, 4) is 10.4 Å². The highest BCUT2D eigenvalue weighted by Gasteiger charge is 2.33. The number of nitrogens with one attached hydrogen (secondary N) is 1. The lowest BCUT2D eigenvalue weighted by Crippen LogP contribution is -2.26. The number of thiazole rings is 1. The van der Waals surface area contributed by atoms with E-state index in [0.717, 1.165) is 40.6 Å². The molecule has 0 saturated heterocycles. The first-order chi connectivity index (χ1) is 12.9. The fourth-order valence-electron chi connectivity index (χ4n) is 2.75. The van der Waals surface area contributed by atoms with Crippen LogP contribution in [0, 0.1) is 0 Å². The fourth-order valence-corrected chi connectivity index (χ4v) is 3.77. The molecule has 1 fully saturated rings. The molecule has 2 N–H and O–H groups in total. The summed E-state index contributed by atoms with van der Waals surface area (Å²) in [4.78, 5) is 16.7. The topological polar surface area (TPSA) is 83.8 Å². The Kier molecular flexibility index (Phi) is 4.52. The third-order valence-corrected chi connectivity index (χ3v) is 5.42. The van der Waals surface area contributed by atoms with E-state index in [9.17, 15) is 18.3 Å². The second-order valence-electron chi connectivity index (χ2n) is 6.24. The van der Waals surface area contributed by atoms with Gasteiger partial charge in [0.2, 0.25) is 5.95 Å². The fraction of sp³-hybridized carbons (Fsp3) is 0.294. The first-order valence-electron chi connectivity index (χ1n) is 8.15. The van der Waals surface area contributed by atoms with E-state index in [1.54, 1.807) is 18.5 Å². The maximum absolute atomic E-state index is 12.8. The molecule has 3 heterocycles. The molecule has 0 radical (unpaired) electrons. The van der Waals surface area contributed by atoms with Gasteiger partial charge >= 0.3 is 6.18 Å². The smallest absolute Gasteiger partial charge is 0.393 e. The van der Waals surface area contributed by atoms with Gasteiger partial charge in [-0.25, -0.2) is 15.0 Å². The Morgan fingerprint density at radius 3 is 2.70 bits per heavy atom. The molecule has 1 aliphatic carbocycles. The lowest BCUT2D eigenvalue weighted by Gasteiger charge is -2.29. The minimum Gasteiger partial charge on any atom is -0.393 e. The molecule has 0 spiro atoms. The summed E-state index contributed by atoms with van der Waals surface area (Å²) < 4.78 is 38.3. The van der Waals surface area contributed by atoms with Gasteiger partial charge in [0.05, 0.1) is 27.9 Å². The lowest BCUT2D eigenvalue weighted by molar-refractivity contribution is -0.141. The molecular weight excluding hydrogens is 379 g/mol. The monoisotopic (exact) mass is 393 g/mol. The zero-order valence-electron chi connectivity index (χ0n) is 13.8. The molecule has 0 aromatic carbocycles. The normalized spacial score (nSPS) is 19.6. The molecule has 3 aromatic heterocycles. The molecular formula is C17H14F3N5OS. The van der Waals surface area contributed by atoms with E-state index in [-0.39, 0.29) is 18.0 Å². The van der Waals surface area contributed by atoms with Gasteiger partial charge in [0.15, 0.2) is 0 Å². The predicted molar refractivity (Wildman–Crippen MR) is 93.6 cm³/mol. The summed E-state index contributed by atoms with van der Waals surface area (Å²) >= 11 is 1.52. The second kappa shape index (κ2) is 6.86. The van der Waals surface area contributed by atoms with Crippen LogP contribution in [0.4, 0.5) is 24.8 Å². The number of aliphatic hydroxyl groups is 1. The van der Waals surface area contributed by atoms with E-state index in [2.05, 4.69) is 25.3 Å². The molecule has 27 heavy (non-hydrogen) atoms. The molecule has 6 nitrogen and oxygen atoms in total. The quantitative estimate of drug-likeness (QED) is 0.697. The summed E-state index contributed by atoms with van der Waals surface area (Å²) in [5.41, 5.74) is 0.246. The summed E-state index contributed by atoms with van der Waals surface area (Å²) in [7, 11) is 0. The van der Waals surface area contributed by atoms with Crippen LogP contribution in [0.15, 0.2) is 36.9 Å². The average molecular weight is 393 g/mol. The molecule has 0 amide bonds. The summed E-state index contributed by atoms with van der Waals surface area (Å²) in [6, 6.07) is 2.57. The first kappa shape index (κ1) is 17.8. The third kappa shape index (κ3) is 3.91. The molecule has 4 rings (SSSR count). The van der Waals surface area contributed by atoms with E-state index < -0.39 is 11.9 Å². The van der Waals surface area contributed by atoms with Gasteiger partial charge in [-0.05, 0) is 25.0 Å². The van der Waals surface area contributed by atoms with Crippen molar-refractivity contribution in [1.82, 2.24) is 19.9 Å². The van der Waals surface area contributed by atoms with Crippen LogP contribution in [-0.4, -0.2) is 31.1 Å². The zero-order chi connectivity index (χ0) is 19.0. The van der Waals surface area contributed by atoms with Crippen molar-refractivity contribution in [3.05, 3.63) is 47.6 Å². The number of aromatic nitrogens is 4. The summed E-state index contributed by atoms with van der Waals surface area (Å²) in [5, 5.41) is 13.1. The highest BCUT2D eigenvalue weighted by atomic mass is 32.1. The Morgan fingerprint density at radius 2 is 1.96 bits per heavy atom. The van der Waals surface area contributed by atoms with E-state index in [1.165, 1.54) is 17.5 Å². The van der Waals surface area contributed by atoms with E-state index in [4.69, 9.17) is 0 Å². The molecule has 140 valence electrons. The second-order valence-corrected chi connectivity index (χ2v) is 7.30. The Balaban J connectivity index is 1.53. The maximum Gasteiger partial charge on any atom is 0.433 e. The van der Waals surface area contributed by atoms with Crippen molar-refractivity contribution in [2.45, 2.75) is 31.0 Å². The minimum absolute atomic E-state index is 0.155. The van der Waals surface area contributed by atoms with Crippen molar-refractivity contribution in [1.29, 1.82) is 0 Å². The lowest BCUT2D eigenvalue weighted by atomic mass is 9.83. The van der Waals surface area contributed by atoms with E-state index in [1.807, 2.05) is 0 Å². The standard InChI is InChI=1S/C17H14F3N5OS/c18-17(19,20)14-1-2-22-16(25-14)24-11-3-10(6-21-7-11)13-8-23-15(27-13)9-4-12(26)5-9/h1-3,6-9,12,26H,4-5H2,(H,22,24,25). The first-order valence-corrected chi connectivity index (χ1v) is 8.96. The van der Waals surface area contributed by atoms with Crippen LogP contribution in [0.1, 0.15) is 29.5 Å². The number of anilines is 2. The SMILES string of the molecule is OC1CC(c2ncc(-c3cncc(Nc4nccc(C(F)(F)F)n4)c3)s2)C1. The Bertz CT molecular complexity index is 955. The van der Waals surface area contributed by atoms with Gasteiger partial charge in [-0.3, -0.25) is 4.98 Å². The number of halogens is 3. The van der Waals surface area contributed by atoms with Crippen LogP contribution >= 0.6 is 11.3 Å². The Morgan fingerprint density at radius 1 is 1.15 bits per heavy atom. The maximum atomic E-state index is 12.8. The average Bonchev–Trinajstić information content (AvgIpc) is 3.08. The summed E-state index contributed by atoms with van der Waals surface area (Å²) in [6.45, 7) is 0. The van der Waals surface area contributed by atoms with Crippen LogP contribution < -0.4 is 5.32 Å². The molecule has 0 atom stereocenters. The number of rotatable bonds is 4. The van der Waals surface area contributed by atoms with Crippen molar-refractivity contribution >= 4 is 23.0 Å². The van der Waals surface area contributed by atoms with Crippen molar-refractivity contribution in [3.63, 3.8) is 0 Å². The number of aliphatic hydroxyl groups excluding tert-OH is 1. The molecule has 0 bridgehead atoms. The van der Waals surface area contributed by atoms with Gasteiger partial charge in [0.25, 0.3) is 0 Å². The molecule has 0 aliphatic heterocycles. The minimum atomic E-state index is -4.53. The van der Waals surface area contributed by atoms with Crippen LogP contribution in [0.3, 0.4) is 0 Å². The van der Waals surface area contributed by atoms with Gasteiger partial charge in [-0.2, -0.15) is 13.2 Å². The van der Waals surface area contributed by atoms with Crippen molar-refractivity contribution < 1.29 is 18.3 Å². The van der Waals surface area contributed by atoms with Crippen LogP contribution in [-0.2, 0) is 6.18 Å². The largest absolute Gasteiger partial charge is 0.433 e. The van der Waals surface area contributed by atoms with Crippen LogP contribution in [0.2, 0.25) is 0 Å². The van der Waals surface area contributed by atoms with Gasteiger partial charge < -0.3 is 10.4 Å². The summed E-state index contributed by atoms with van der Waals surface area (Å²) in [5.74, 6) is 0.128. The molecule has 0 unspecified atom stereocenters. The Hall–Kier alpha value is -2.59.